The van der Waals surface area contributed by atoms with E-state index in [4.69, 9.17) is 14.0 Å². The first kappa shape index (κ1) is 23.9. The van der Waals surface area contributed by atoms with Crippen LogP contribution in [-0.4, -0.2) is 49.3 Å². The average Bonchev–Trinajstić information content (AvgIpc) is 3.37. The van der Waals surface area contributed by atoms with Crippen molar-refractivity contribution in [1.82, 2.24) is 20.8 Å². The number of carbonyl (C=O) groups excluding carboxylic acids is 2. The minimum atomic E-state index is -0.379. The smallest absolute Gasteiger partial charge is 0.276 e. The molecule has 2 amide bonds. The fourth-order valence-electron chi connectivity index (χ4n) is 3.58. The number of carbonyl (C=O) groups is 2. The van der Waals surface area contributed by atoms with Gasteiger partial charge in [0.25, 0.3) is 5.91 Å². The Morgan fingerprint density at radius 1 is 1.09 bits per heavy atom. The van der Waals surface area contributed by atoms with Gasteiger partial charge in [-0.1, -0.05) is 29.5 Å². The predicted octanol–water partition coefficient (Wildman–Crippen LogP) is 2.73. The van der Waals surface area contributed by atoms with E-state index in [9.17, 15) is 9.59 Å². The van der Waals surface area contributed by atoms with Gasteiger partial charge in [0.05, 0.1) is 20.1 Å². The fraction of sp³-hybridized carbons (Fsp3) is 0.333. The topological polar surface area (TPSA) is 140 Å². The van der Waals surface area contributed by atoms with Crippen LogP contribution in [0.3, 0.4) is 0 Å². The first-order valence-electron chi connectivity index (χ1n) is 11.2. The highest BCUT2D eigenvalue weighted by molar-refractivity contribution is 5.86. The number of rotatable bonds is 11. The molecule has 11 nitrogen and oxygen atoms in total. The molecule has 0 spiro atoms. The zero-order chi connectivity index (χ0) is 24.6. The van der Waals surface area contributed by atoms with Gasteiger partial charge < -0.3 is 24.6 Å². The van der Waals surface area contributed by atoms with Crippen LogP contribution < -0.4 is 20.1 Å². The first-order chi connectivity index (χ1) is 17.1. The Labute approximate surface area is 202 Å². The van der Waals surface area contributed by atoms with E-state index in [2.05, 4.69) is 31.0 Å². The molecule has 2 aromatic rings. The molecular formula is C24H26N6O5. The number of benzene rings is 1. The van der Waals surface area contributed by atoms with E-state index in [0.29, 0.717) is 60.5 Å². The van der Waals surface area contributed by atoms with E-state index in [0.717, 1.165) is 5.57 Å². The Morgan fingerprint density at radius 3 is 2.66 bits per heavy atom. The number of allylic oxidation sites excluding steroid dienone is 3. The number of ether oxygens (including phenoxy) is 2. The predicted molar refractivity (Wildman–Crippen MR) is 125 cm³/mol. The Bertz CT molecular complexity index is 1190. The molecule has 2 heterocycles. The number of fused-ring (bicyclic) bond motifs is 1. The highest BCUT2D eigenvalue weighted by Gasteiger charge is 2.26. The molecular weight excluding hydrogens is 452 g/mol. The summed E-state index contributed by atoms with van der Waals surface area (Å²) in [5.74, 6) is 1.82. The number of azo groups is 1. The second kappa shape index (κ2) is 11.2. The molecule has 182 valence electrons. The molecule has 0 saturated carbocycles. The number of aromatic nitrogens is 2. The number of hydrogen-bond acceptors (Lipinski definition) is 9. The largest absolute Gasteiger partial charge is 0.497 e. The Kier molecular flexibility index (Phi) is 7.66. The van der Waals surface area contributed by atoms with E-state index in [1.54, 1.807) is 38.5 Å². The molecule has 0 bridgehead atoms. The lowest BCUT2D eigenvalue weighted by Gasteiger charge is -2.20. The maximum Gasteiger partial charge on any atom is 0.276 e. The Hall–Kier alpha value is -4.28. The highest BCUT2D eigenvalue weighted by Crippen LogP contribution is 2.28. The lowest BCUT2D eigenvalue weighted by Crippen LogP contribution is -2.28. The van der Waals surface area contributed by atoms with Crippen molar-refractivity contribution in [1.29, 1.82) is 0 Å². The van der Waals surface area contributed by atoms with Gasteiger partial charge in [0.15, 0.2) is 5.82 Å². The summed E-state index contributed by atoms with van der Waals surface area (Å²) in [4.78, 5) is 28.4. The SMILES string of the molecule is COc1cc(OC)cc(-c2noc(CCC(=O)NCCCNC3=C4C=CC=CC4C(=O)N=N3)n2)c1. The van der Waals surface area contributed by atoms with Crippen LogP contribution in [0.4, 0.5) is 0 Å². The van der Waals surface area contributed by atoms with Crippen LogP contribution >= 0.6 is 0 Å². The van der Waals surface area contributed by atoms with Crippen LogP contribution in [0.15, 0.2) is 68.6 Å². The van der Waals surface area contributed by atoms with Gasteiger partial charge in [0.2, 0.25) is 17.6 Å². The summed E-state index contributed by atoms with van der Waals surface area (Å²) in [6, 6.07) is 5.31. The van der Waals surface area contributed by atoms with Crippen molar-refractivity contribution in [2.75, 3.05) is 27.3 Å². The molecule has 1 aliphatic carbocycles. The third-order valence-electron chi connectivity index (χ3n) is 5.43. The van der Waals surface area contributed by atoms with E-state index >= 15 is 0 Å². The van der Waals surface area contributed by atoms with E-state index in [-0.39, 0.29) is 24.2 Å². The summed E-state index contributed by atoms with van der Waals surface area (Å²) in [7, 11) is 3.13. The lowest BCUT2D eigenvalue weighted by atomic mass is 9.93. The van der Waals surface area contributed by atoms with Crippen molar-refractivity contribution in [2.45, 2.75) is 19.3 Å². The molecule has 4 rings (SSSR count). The van der Waals surface area contributed by atoms with Crippen LogP contribution in [0.1, 0.15) is 18.7 Å². The van der Waals surface area contributed by atoms with Gasteiger partial charge in [-0.2, -0.15) is 4.98 Å². The van der Waals surface area contributed by atoms with Crippen molar-refractivity contribution < 1.29 is 23.6 Å². The van der Waals surface area contributed by atoms with Crippen LogP contribution in [-0.2, 0) is 16.0 Å². The van der Waals surface area contributed by atoms with Crippen molar-refractivity contribution in [2.24, 2.45) is 16.1 Å². The summed E-state index contributed by atoms with van der Waals surface area (Å²) in [6.45, 7) is 1.07. The number of amides is 2. The molecule has 0 radical (unpaired) electrons. The summed E-state index contributed by atoms with van der Waals surface area (Å²) >= 11 is 0. The molecule has 1 atom stereocenters. The van der Waals surface area contributed by atoms with Gasteiger partial charge in [-0.15, -0.1) is 10.2 Å². The van der Waals surface area contributed by atoms with Crippen molar-refractivity contribution in [3.63, 3.8) is 0 Å². The zero-order valence-corrected chi connectivity index (χ0v) is 19.5. The van der Waals surface area contributed by atoms with Crippen LogP contribution in [0, 0.1) is 5.92 Å². The van der Waals surface area contributed by atoms with Gasteiger partial charge in [-0.25, -0.2) is 0 Å². The fourth-order valence-corrected chi connectivity index (χ4v) is 3.58. The number of aryl methyl sites for hydroxylation is 1. The Morgan fingerprint density at radius 2 is 1.89 bits per heavy atom. The molecule has 0 saturated heterocycles. The van der Waals surface area contributed by atoms with E-state index in [1.165, 1.54) is 0 Å². The zero-order valence-electron chi connectivity index (χ0n) is 19.5. The van der Waals surface area contributed by atoms with Crippen LogP contribution in [0.5, 0.6) is 11.5 Å². The maximum atomic E-state index is 12.2. The summed E-state index contributed by atoms with van der Waals surface area (Å²) in [6.07, 6.45) is 8.58. The molecule has 1 unspecified atom stereocenters. The summed E-state index contributed by atoms with van der Waals surface area (Å²) < 4.78 is 15.8. The lowest BCUT2D eigenvalue weighted by molar-refractivity contribution is -0.121. The monoisotopic (exact) mass is 478 g/mol. The van der Waals surface area contributed by atoms with Crippen LogP contribution in [0.2, 0.25) is 0 Å². The van der Waals surface area contributed by atoms with E-state index in [1.807, 2.05) is 18.2 Å². The molecule has 11 heteroatoms. The van der Waals surface area contributed by atoms with Gasteiger partial charge >= 0.3 is 0 Å². The maximum absolute atomic E-state index is 12.2. The molecule has 1 aromatic carbocycles. The average molecular weight is 479 g/mol. The van der Waals surface area contributed by atoms with Crippen LogP contribution in [0.25, 0.3) is 11.4 Å². The number of nitrogens with zero attached hydrogens (tertiary/aromatic N) is 4. The second-order valence-electron chi connectivity index (χ2n) is 7.81. The third kappa shape index (κ3) is 5.99. The normalized spacial score (nSPS) is 16.3. The second-order valence-corrected chi connectivity index (χ2v) is 7.81. The standard InChI is InChI=1S/C24H26N6O5/c1-33-16-12-15(13-17(14-16)34-2)22-27-21(35-30-22)9-8-20(31)25-10-5-11-26-23-18-6-3-4-7-19(18)24(32)29-28-23/h3-4,6-7,12-14,19,26H,5,8-11H2,1-2H3,(H,25,31). The quantitative estimate of drug-likeness (QED) is 0.470. The number of nitrogens with one attached hydrogen (secondary N) is 2. The molecule has 1 aromatic heterocycles. The van der Waals surface area contributed by atoms with Crippen molar-refractivity contribution >= 4 is 11.8 Å². The minimum absolute atomic E-state index is 0.113. The Balaban J connectivity index is 1.19. The summed E-state index contributed by atoms with van der Waals surface area (Å²) in [5.41, 5.74) is 1.50. The highest BCUT2D eigenvalue weighted by atomic mass is 16.5. The van der Waals surface area contributed by atoms with Gasteiger partial charge in [0, 0.05) is 43.1 Å². The number of hydrogen-bond donors (Lipinski definition) is 2. The minimum Gasteiger partial charge on any atom is -0.497 e. The molecule has 35 heavy (non-hydrogen) atoms. The molecule has 0 fully saturated rings. The number of methoxy groups -OCH3 is 2. The third-order valence-corrected chi connectivity index (χ3v) is 5.43. The molecule has 1 aliphatic heterocycles. The van der Waals surface area contributed by atoms with Gasteiger partial charge in [-0.05, 0) is 18.6 Å². The van der Waals surface area contributed by atoms with Gasteiger partial charge in [0.1, 0.15) is 11.5 Å². The van der Waals surface area contributed by atoms with Crippen molar-refractivity contribution in [3.05, 3.63) is 59.8 Å². The van der Waals surface area contributed by atoms with Gasteiger partial charge in [-0.3, -0.25) is 9.59 Å². The van der Waals surface area contributed by atoms with Crippen molar-refractivity contribution in [3.8, 4) is 22.9 Å². The first-order valence-corrected chi connectivity index (χ1v) is 11.2. The molecule has 2 aliphatic rings. The molecule has 2 N–H and O–H groups in total. The summed E-state index contributed by atoms with van der Waals surface area (Å²) in [5, 5.41) is 17.7. The van der Waals surface area contributed by atoms with E-state index < -0.39 is 0 Å².